The van der Waals surface area contributed by atoms with E-state index in [1.165, 1.54) is 31.4 Å². The van der Waals surface area contributed by atoms with Crippen molar-refractivity contribution in [2.75, 3.05) is 18.4 Å². The molecule has 0 atom stereocenters. The summed E-state index contributed by atoms with van der Waals surface area (Å²) in [5.41, 5.74) is 1.42. The van der Waals surface area contributed by atoms with Gasteiger partial charge in [0.1, 0.15) is 0 Å². The second-order valence-electron chi connectivity index (χ2n) is 4.16. The van der Waals surface area contributed by atoms with Crippen molar-refractivity contribution in [2.24, 2.45) is 0 Å². The van der Waals surface area contributed by atoms with Gasteiger partial charge in [-0.2, -0.15) is 0 Å². The van der Waals surface area contributed by atoms with Crippen molar-refractivity contribution in [3.63, 3.8) is 0 Å². The third-order valence-corrected chi connectivity index (χ3v) is 3.08. The predicted octanol–water partition coefficient (Wildman–Crippen LogP) is 4.07. The molecular weight excluding hydrogens is 262 g/mol. The first-order valence-corrected chi connectivity index (χ1v) is 7.31. The lowest BCUT2D eigenvalue weighted by molar-refractivity contribution is 0.276. The summed E-state index contributed by atoms with van der Waals surface area (Å²) in [5.74, 6) is 0. The van der Waals surface area contributed by atoms with Gasteiger partial charge in [0.15, 0.2) is 0 Å². The number of nitrogens with zero attached hydrogens (tertiary/aromatic N) is 1. The SMILES string of the molecule is CCCCCN(CCBr)Cc1ccccc1. The van der Waals surface area contributed by atoms with Crippen LogP contribution in [0.4, 0.5) is 0 Å². The molecule has 0 aliphatic heterocycles. The van der Waals surface area contributed by atoms with Gasteiger partial charge < -0.3 is 0 Å². The van der Waals surface area contributed by atoms with Gasteiger partial charge in [-0.25, -0.2) is 0 Å². The van der Waals surface area contributed by atoms with Gasteiger partial charge in [-0.05, 0) is 18.5 Å². The number of halogens is 1. The van der Waals surface area contributed by atoms with Crippen LogP contribution in [0.1, 0.15) is 31.7 Å². The third-order valence-electron chi connectivity index (χ3n) is 2.73. The molecule has 0 aliphatic rings. The molecule has 0 N–H and O–H groups in total. The molecule has 0 spiro atoms. The lowest BCUT2D eigenvalue weighted by Gasteiger charge is -2.21. The van der Waals surface area contributed by atoms with Gasteiger partial charge in [-0.1, -0.05) is 66.0 Å². The van der Waals surface area contributed by atoms with Gasteiger partial charge in [0.2, 0.25) is 0 Å². The molecule has 0 saturated carbocycles. The van der Waals surface area contributed by atoms with Gasteiger partial charge in [0, 0.05) is 18.4 Å². The molecule has 1 aromatic carbocycles. The average Bonchev–Trinajstić information content (AvgIpc) is 2.31. The second-order valence-corrected chi connectivity index (χ2v) is 4.95. The summed E-state index contributed by atoms with van der Waals surface area (Å²) in [6.45, 7) is 5.69. The summed E-state index contributed by atoms with van der Waals surface area (Å²) in [5, 5.41) is 1.06. The quantitative estimate of drug-likeness (QED) is 0.513. The van der Waals surface area contributed by atoms with Crippen molar-refractivity contribution in [1.82, 2.24) is 4.90 Å². The smallest absolute Gasteiger partial charge is 0.0234 e. The Bertz CT molecular complexity index is 261. The molecule has 90 valence electrons. The topological polar surface area (TPSA) is 3.24 Å². The van der Waals surface area contributed by atoms with Crippen LogP contribution in [0.3, 0.4) is 0 Å². The van der Waals surface area contributed by atoms with Crippen LogP contribution in [-0.4, -0.2) is 23.3 Å². The number of rotatable bonds is 8. The van der Waals surface area contributed by atoms with Crippen LogP contribution in [0.15, 0.2) is 30.3 Å². The van der Waals surface area contributed by atoms with E-state index in [1.807, 2.05) is 0 Å². The molecule has 0 aliphatic carbocycles. The van der Waals surface area contributed by atoms with E-state index in [9.17, 15) is 0 Å². The Kier molecular flexibility index (Phi) is 7.52. The fourth-order valence-corrected chi connectivity index (χ4v) is 2.32. The maximum absolute atomic E-state index is 3.53. The summed E-state index contributed by atoms with van der Waals surface area (Å²) in [4.78, 5) is 2.53. The molecule has 0 aromatic heterocycles. The van der Waals surface area contributed by atoms with Crippen molar-refractivity contribution in [2.45, 2.75) is 32.7 Å². The van der Waals surface area contributed by atoms with Gasteiger partial charge in [0.05, 0.1) is 0 Å². The van der Waals surface area contributed by atoms with E-state index in [1.54, 1.807) is 0 Å². The van der Waals surface area contributed by atoms with Crippen molar-refractivity contribution in [3.05, 3.63) is 35.9 Å². The normalized spacial score (nSPS) is 10.9. The first kappa shape index (κ1) is 13.7. The number of benzene rings is 1. The van der Waals surface area contributed by atoms with Crippen LogP contribution < -0.4 is 0 Å². The highest BCUT2D eigenvalue weighted by atomic mass is 79.9. The van der Waals surface area contributed by atoms with E-state index in [4.69, 9.17) is 0 Å². The molecule has 1 rings (SSSR count). The molecule has 2 heteroatoms. The molecule has 1 nitrogen and oxygen atoms in total. The Morgan fingerprint density at radius 3 is 2.44 bits per heavy atom. The molecule has 16 heavy (non-hydrogen) atoms. The summed E-state index contributed by atoms with van der Waals surface area (Å²) in [6.07, 6.45) is 3.96. The van der Waals surface area contributed by atoms with E-state index in [0.717, 1.165) is 18.4 Å². The Morgan fingerprint density at radius 1 is 1.06 bits per heavy atom. The Balaban J connectivity index is 2.38. The fraction of sp³-hybridized carbons (Fsp3) is 0.571. The minimum atomic E-state index is 1.06. The van der Waals surface area contributed by atoms with Crippen LogP contribution >= 0.6 is 15.9 Å². The molecule has 0 saturated heterocycles. The van der Waals surface area contributed by atoms with Crippen LogP contribution in [0.25, 0.3) is 0 Å². The zero-order valence-electron chi connectivity index (χ0n) is 10.2. The largest absolute Gasteiger partial charge is 0.298 e. The Morgan fingerprint density at radius 2 is 1.81 bits per heavy atom. The molecule has 0 fully saturated rings. The Hall–Kier alpha value is -0.340. The van der Waals surface area contributed by atoms with Gasteiger partial charge in [-0.15, -0.1) is 0 Å². The van der Waals surface area contributed by atoms with E-state index < -0.39 is 0 Å². The van der Waals surface area contributed by atoms with Crippen LogP contribution in [0, 0.1) is 0 Å². The lowest BCUT2D eigenvalue weighted by Crippen LogP contribution is -2.26. The van der Waals surface area contributed by atoms with Gasteiger partial charge >= 0.3 is 0 Å². The van der Waals surface area contributed by atoms with Crippen molar-refractivity contribution < 1.29 is 0 Å². The van der Waals surface area contributed by atoms with Crippen LogP contribution in [-0.2, 0) is 6.54 Å². The highest BCUT2D eigenvalue weighted by Gasteiger charge is 2.04. The fourth-order valence-electron chi connectivity index (χ4n) is 1.82. The first-order valence-electron chi connectivity index (χ1n) is 6.19. The van der Waals surface area contributed by atoms with Crippen LogP contribution in [0.5, 0.6) is 0 Å². The molecule has 0 amide bonds. The summed E-state index contributed by atoms with van der Waals surface area (Å²) in [6, 6.07) is 10.7. The highest BCUT2D eigenvalue weighted by molar-refractivity contribution is 9.09. The standard InChI is InChI=1S/C14H22BrN/c1-2-3-7-11-16(12-10-15)13-14-8-5-4-6-9-14/h4-6,8-9H,2-3,7,10-13H2,1H3. The zero-order valence-corrected chi connectivity index (χ0v) is 11.7. The molecule has 1 aromatic rings. The van der Waals surface area contributed by atoms with Crippen molar-refractivity contribution in [3.8, 4) is 0 Å². The maximum atomic E-state index is 3.53. The predicted molar refractivity (Wildman–Crippen MR) is 75.0 cm³/mol. The van der Waals surface area contributed by atoms with Crippen molar-refractivity contribution >= 4 is 15.9 Å². The molecule has 0 unspecified atom stereocenters. The number of unbranched alkanes of at least 4 members (excludes halogenated alkanes) is 2. The van der Waals surface area contributed by atoms with Crippen molar-refractivity contribution in [1.29, 1.82) is 0 Å². The number of alkyl halides is 1. The minimum absolute atomic E-state index is 1.06. The number of hydrogen-bond donors (Lipinski definition) is 0. The van der Waals surface area contributed by atoms with Gasteiger partial charge in [-0.3, -0.25) is 4.90 Å². The summed E-state index contributed by atoms with van der Waals surface area (Å²) >= 11 is 3.53. The Labute approximate surface area is 108 Å². The third kappa shape index (κ3) is 5.66. The van der Waals surface area contributed by atoms with Crippen LogP contribution in [0.2, 0.25) is 0 Å². The lowest BCUT2D eigenvalue weighted by atomic mass is 10.2. The summed E-state index contributed by atoms with van der Waals surface area (Å²) < 4.78 is 0. The maximum Gasteiger partial charge on any atom is 0.0234 e. The highest BCUT2D eigenvalue weighted by Crippen LogP contribution is 2.07. The number of hydrogen-bond acceptors (Lipinski definition) is 1. The molecule has 0 heterocycles. The average molecular weight is 284 g/mol. The first-order chi connectivity index (χ1) is 7.86. The van der Waals surface area contributed by atoms with E-state index in [-0.39, 0.29) is 0 Å². The second kappa shape index (κ2) is 8.77. The van der Waals surface area contributed by atoms with E-state index in [2.05, 4.69) is 58.1 Å². The molecule has 0 bridgehead atoms. The monoisotopic (exact) mass is 283 g/mol. The molecule has 0 radical (unpaired) electrons. The van der Waals surface area contributed by atoms with E-state index in [0.29, 0.717) is 0 Å². The summed E-state index contributed by atoms with van der Waals surface area (Å²) in [7, 11) is 0. The zero-order chi connectivity index (χ0) is 11.6. The van der Waals surface area contributed by atoms with E-state index >= 15 is 0 Å². The molecular formula is C14H22BrN. The minimum Gasteiger partial charge on any atom is -0.298 e. The van der Waals surface area contributed by atoms with Gasteiger partial charge in [0.25, 0.3) is 0 Å².